The van der Waals surface area contributed by atoms with Crippen molar-refractivity contribution in [2.75, 3.05) is 0 Å². The molecule has 0 radical (unpaired) electrons. The average molecular weight is 343 g/mol. The summed E-state index contributed by atoms with van der Waals surface area (Å²) in [4.78, 5) is 25.9. The van der Waals surface area contributed by atoms with Gasteiger partial charge >= 0.3 is 18.3 Å². The molecule has 1 aromatic rings. The summed E-state index contributed by atoms with van der Waals surface area (Å²) in [7, 11) is -4.37. The second-order valence-electron chi connectivity index (χ2n) is 3.65. The molecule has 0 amide bonds. The highest BCUT2D eigenvalue weighted by Gasteiger charge is 2.31. The quantitative estimate of drug-likeness (QED) is 0.579. The highest BCUT2D eigenvalue weighted by molar-refractivity contribution is 7.89. The van der Waals surface area contributed by atoms with Crippen LogP contribution in [0, 0.1) is 0 Å². The van der Waals surface area contributed by atoms with Crippen molar-refractivity contribution in [3.05, 3.63) is 24.3 Å². The molecule has 2 N–H and O–H groups in total. The topological polar surface area (TPSA) is 119 Å². The van der Waals surface area contributed by atoms with Crippen LogP contribution in [-0.4, -0.2) is 31.8 Å². The molecule has 0 bridgehead atoms. The summed E-state index contributed by atoms with van der Waals surface area (Å²) in [5.41, 5.74) is 0. The van der Waals surface area contributed by atoms with Crippen LogP contribution in [0.25, 0.3) is 0 Å². The lowest BCUT2D eigenvalue weighted by atomic mass is 10.3. The monoisotopic (exact) mass is 343 g/mol. The number of rotatable bonds is 6. The molecule has 0 atom stereocenters. The van der Waals surface area contributed by atoms with Gasteiger partial charge in [0.2, 0.25) is 0 Å². The summed E-state index contributed by atoms with van der Waals surface area (Å²) < 4.78 is 62.6. The Hall–Kier alpha value is -2.34. The molecular weight excluding hydrogens is 335 g/mol. The summed E-state index contributed by atoms with van der Waals surface area (Å²) in [5, 5.41) is 8.27. The van der Waals surface area contributed by atoms with E-state index in [0.29, 0.717) is 0 Å². The highest BCUT2D eigenvalue weighted by Crippen LogP contribution is 2.23. The Morgan fingerprint density at radius 3 is 2.18 bits per heavy atom. The highest BCUT2D eigenvalue weighted by atomic mass is 32.2. The van der Waals surface area contributed by atoms with E-state index in [-0.39, 0.29) is 0 Å². The Kier molecular flexibility index (Phi) is 5.33. The van der Waals surface area contributed by atoms with Crippen LogP contribution in [0.1, 0.15) is 6.42 Å². The number of carboxylic acids is 1. The minimum Gasteiger partial charge on any atom is -0.481 e. The van der Waals surface area contributed by atoms with Gasteiger partial charge in [0, 0.05) is 0 Å². The van der Waals surface area contributed by atoms with E-state index in [4.69, 9.17) is 5.11 Å². The fourth-order valence-corrected chi connectivity index (χ4v) is 1.92. The van der Waals surface area contributed by atoms with Crippen LogP contribution >= 0.6 is 0 Å². The smallest absolute Gasteiger partial charge is 0.481 e. The van der Waals surface area contributed by atoms with Crippen molar-refractivity contribution < 1.29 is 45.9 Å². The number of hydrogen-bond donors (Lipinski definition) is 2. The second kappa shape index (κ2) is 6.62. The van der Waals surface area contributed by atoms with E-state index in [1.807, 2.05) is 0 Å². The lowest BCUT2D eigenvalue weighted by molar-refractivity contribution is -0.274. The molecule has 0 saturated carbocycles. The first-order valence-corrected chi connectivity index (χ1v) is 6.77. The minimum absolute atomic E-state index is 0.523. The molecule has 1 aromatic carbocycles. The molecule has 0 aromatic heterocycles. The number of halogens is 3. The average Bonchev–Trinajstić information content (AvgIpc) is 2.34. The van der Waals surface area contributed by atoms with Crippen molar-refractivity contribution in [3.63, 3.8) is 0 Å². The number of carbonyl (C=O) groups excluding carboxylic acids is 1. The molecule has 0 fully saturated rings. The van der Waals surface area contributed by atoms with Gasteiger partial charge < -0.3 is 14.7 Å². The van der Waals surface area contributed by atoms with Crippen molar-refractivity contribution >= 4 is 22.0 Å². The first kappa shape index (κ1) is 17.7. The molecule has 22 heavy (non-hydrogen) atoms. The van der Waals surface area contributed by atoms with E-state index >= 15 is 0 Å². The largest absolute Gasteiger partial charge is 0.573 e. The Labute approximate surface area is 121 Å². The van der Waals surface area contributed by atoms with Crippen molar-refractivity contribution in [1.29, 1.82) is 0 Å². The summed E-state index contributed by atoms with van der Waals surface area (Å²) in [6.07, 6.45) is -5.99. The number of hydrogen-bond acceptors (Lipinski definition) is 6. The number of carboxylic acid groups (broad SMARTS) is 1. The van der Waals surface area contributed by atoms with Crippen LogP contribution in [-0.2, 0) is 24.4 Å². The Morgan fingerprint density at radius 2 is 1.73 bits per heavy atom. The van der Waals surface area contributed by atoms with Crippen LogP contribution in [0.3, 0.4) is 0 Å². The van der Waals surface area contributed by atoms with Gasteiger partial charge in [-0.3, -0.25) is 4.79 Å². The molecule has 0 spiro atoms. The first-order chi connectivity index (χ1) is 9.99. The predicted octanol–water partition coefficient (Wildman–Crippen LogP) is 0.796. The molecule has 0 aliphatic rings. The van der Waals surface area contributed by atoms with Gasteiger partial charge in [0.05, 0.1) is 4.90 Å². The number of benzene rings is 1. The van der Waals surface area contributed by atoms with E-state index in [0.717, 1.165) is 24.3 Å². The van der Waals surface area contributed by atoms with Crippen LogP contribution < -0.4 is 9.62 Å². The Bertz CT molecular complexity index is 654. The molecule has 8 nitrogen and oxygen atoms in total. The zero-order chi connectivity index (χ0) is 17.0. The molecule has 0 heterocycles. The summed E-state index contributed by atoms with van der Waals surface area (Å²) in [6.45, 7) is 0. The van der Waals surface area contributed by atoms with E-state index < -0.39 is 45.4 Å². The van der Waals surface area contributed by atoms with Crippen molar-refractivity contribution in [2.45, 2.75) is 17.7 Å². The predicted molar refractivity (Wildman–Crippen MR) is 61.8 cm³/mol. The molecular formula is C10H8F3NO7S. The molecule has 12 heteroatoms. The fourth-order valence-electron chi connectivity index (χ4n) is 1.13. The number of carbonyl (C=O) groups is 2. The van der Waals surface area contributed by atoms with Gasteiger partial charge in [0.1, 0.15) is 12.2 Å². The second-order valence-corrected chi connectivity index (χ2v) is 5.30. The SMILES string of the molecule is O=C(O)CC(=O)ONS(=O)(=O)c1ccc(OC(F)(F)F)cc1. The lowest BCUT2D eigenvalue weighted by Crippen LogP contribution is -2.28. The normalized spacial score (nSPS) is 11.8. The van der Waals surface area contributed by atoms with Crippen molar-refractivity contribution in [3.8, 4) is 5.75 Å². The molecule has 0 aliphatic heterocycles. The fraction of sp³-hybridized carbons (Fsp3) is 0.200. The Morgan fingerprint density at radius 1 is 1.18 bits per heavy atom. The van der Waals surface area contributed by atoms with Gasteiger partial charge in [0.25, 0.3) is 10.0 Å². The van der Waals surface area contributed by atoms with Gasteiger partial charge in [-0.1, -0.05) is 0 Å². The minimum atomic E-state index is -4.93. The number of nitrogens with one attached hydrogen (secondary N) is 1. The maximum atomic E-state index is 11.9. The maximum Gasteiger partial charge on any atom is 0.573 e. The van der Waals surface area contributed by atoms with E-state index in [2.05, 4.69) is 9.57 Å². The van der Waals surface area contributed by atoms with Crippen molar-refractivity contribution in [2.24, 2.45) is 0 Å². The third-order valence-corrected chi connectivity index (χ3v) is 3.12. The third kappa shape index (κ3) is 5.97. The van der Waals surface area contributed by atoms with Gasteiger partial charge in [-0.15, -0.1) is 13.2 Å². The van der Waals surface area contributed by atoms with E-state index in [9.17, 15) is 31.2 Å². The maximum absolute atomic E-state index is 11.9. The zero-order valence-corrected chi connectivity index (χ0v) is 11.3. The molecule has 0 saturated heterocycles. The summed E-state index contributed by atoms with van der Waals surface area (Å²) in [6, 6.07) is 3.02. The van der Waals surface area contributed by atoms with E-state index in [1.165, 1.54) is 4.89 Å². The van der Waals surface area contributed by atoms with Crippen LogP contribution in [0.2, 0.25) is 0 Å². The number of ether oxygens (including phenoxy) is 1. The standard InChI is InChI=1S/C10H8F3NO7S/c11-10(12,13)20-6-1-3-7(4-2-6)22(18,19)14-21-9(17)5-8(15)16/h1-4,14H,5H2,(H,15,16). The Balaban J connectivity index is 2.73. The first-order valence-electron chi connectivity index (χ1n) is 5.29. The van der Waals surface area contributed by atoms with Crippen LogP contribution in [0.4, 0.5) is 13.2 Å². The van der Waals surface area contributed by atoms with Gasteiger partial charge in [-0.05, 0) is 29.2 Å². The molecule has 0 aliphatic carbocycles. The zero-order valence-electron chi connectivity index (χ0n) is 10.5. The summed E-state index contributed by atoms with van der Waals surface area (Å²) in [5.74, 6) is -3.54. The van der Waals surface area contributed by atoms with Gasteiger partial charge in [-0.25, -0.2) is 13.2 Å². The third-order valence-electron chi connectivity index (χ3n) is 1.93. The summed E-state index contributed by atoms with van der Waals surface area (Å²) >= 11 is 0. The molecule has 122 valence electrons. The lowest BCUT2D eigenvalue weighted by Gasteiger charge is -2.10. The van der Waals surface area contributed by atoms with Gasteiger partial charge in [0.15, 0.2) is 0 Å². The van der Waals surface area contributed by atoms with Gasteiger partial charge in [-0.2, -0.15) is 0 Å². The van der Waals surface area contributed by atoms with Crippen LogP contribution in [0.5, 0.6) is 5.75 Å². The van der Waals surface area contributed by atoms with Crippen LogP contribution in [0.15, 0.2) is 29.2 Å². The number of sulfonamides is 1. The van der Waals surface area contributed by atoms with E-state index in [1.54, 1.807) is 0 Å². The number of alkyl halides is 3. The van der Waals surface area contributed by atoms with Crippen molar-refractivity contribution in [1.82, 2.24) is 4.89 Å². The molecule has 0 unspecified atom stereocenters. The number of aliphatic carboxylic acids is 1. The molecule has 1 rings (SSSR count).